The maximum absolute atomic E-state index is 11.6. The number of carbonyl (C=O) groups excluding carboxylic acids is 2. The van der Waals surface area contributed by atoms with Crippen LogP contribution >= 0.6 is 0 Å². The van der Waals surface area contributed by atoms with E-state index in [-0.39, 0.29) is 12.2 Å². The van der Waals surface area contributed by atoms with Crippen molar-refractivity contribution >= 4 is 17.7 Å². The largest absolute Gasteiger partial charge is 0.481 e. The van der Waals surface area contributed by atoms with Gasteiger partial charge in [-0.05, 0) is 12.1 Å². The number of carboxylic acids is 1. The lowest BCUT2D eigenvalue weighted by molar-refractivity contribution is -0.141. The summed E-state index contributed by atoms with van der Waals surface area (Å²) in [5.41, 5.74) is 2.53. The van der Waals surface area contributed by atoms with Gasteiger partial charge in [-0.2, -0.15) is 0 Å². The average Bonchev–Trinajstić information content (AvgIpc) is 2.42. The molecular weight excluding hydrogens is 250 g/mol. The first-order valence-electron chi connectivity index (χ1n) is 5.80. The molecule has 0 radical (unpaired) electrons. The number of carboxylic acid groups (broad SMARTS) is 1. The quantitative estimate of drug-likeness (QED) is 0.719. The number of hydrogen-bond acceptors (Lipinski definition) is 5. The van der Waals surface area contributed by atoms with Gasteiger partial charge in [0.15, 0.2) is 5.78 Å². The summed E-state index contributed by atoms with van der Waals surface area (Å²) < 4.78 is 0. The lowest BCUT2D eigenvalue weighted by Crippen LogP contribution is -2.39. The van der Waals surface area contributed by atoms with Crippen LogP contribution in [-0.4, -0.2) is 28.9 Å². The van der Waals surface area contributed by atoms with Gasteiger partial charge in [0.05, 0.1) is 12.0 Å². The molecule has 0 aromatic heterocycles. The molecule has 1 aromatic carbocycles. The van der Waals surface area contributed by atoms with Gasteiger partial charge in [-0.3, -0.25) is 9.59 Å². The van der Waals surface area contributed by atoms with E-state index in [0.29, 0.717) is 5.56 Å². The van der Waals surface area contributed by atoms with Crippen LogP contribution in [0.15, 0.2) is 30.3 Å². The van der Waals surface area contributed by atoms with Gasteiger partial charge in [0.1, 0.15) is 6.04 Å². The topological polar surface area (TPSA) is 92.7 Å². The second kappa shape index (κ2) is 7.27. The van der Waals surface area contributed by atoms with Crippen molar-refractivity contribution < 1.29 is 24.3 Å². The number of hydrogen-bond donors (Lipinski definition) is 2. The number of nitrogens with one attached hydrogen (secondary N) is 1. The number of aliphatic carboxylic acids is 1. The Kier molecular flexibility index (Phi) is 5.69. The number of rotatable bonds is 7. The summed E-state index contributed by atoms with van der Waals surface area (Å²) in [6.07, 6.45) is -0.275. The number of hydroxylamine groups is 1. The molecule has 0 fully saturated rings. The highest BCUT2D eigenvalue weighted by atomic mass is 16.7. The Bertz CT molecular complexity index is 457. The minimum absolute atomic E-state index is 0.161. The van der Waals surface area contributed by atoms with E-state index < -0.39 is 24.4 Å². The van der Waals surface area contributed by atoms with Crippen molar-refractivity contribution in [3.8, 4) is 0 Å². The van der Waals surface area contributed by atoms with Gasteiger partial charge < -0.3 is 9.94 Å². The van der Waals surface area contributed by atoms with Crippen LogP contribution in [0.4, 0.5) is 0 Å². The molecule has 1 atom stereocenters. The van der Waals surface area contributed by atoms with Crippen molar-refractivity contribution in [3.05, 3.63) is 35.9 Å². The lowest BCUT2D eigenvalue weighted by Gasteiger charge is -2.14. The number of Topliss-reactive ketones (excluding diaryl/α,β-unsaturated/α-hetero) is 1. The lowest BCUT2D eigenvalue weighted by atomic mass is 10.1. The normalized spacial score (nSPS) is 11.6. The van der Waals surface area contributed by atoms with Crippen molar-refractivity contribution in [2.45, 2.75) is 25.8 Å². The van der Waals surface area contributed by atoms with Gasteiger partial charge in [0, 0.05) is 6.42 Å². The van der Waals surface area contributed by atoms with Crippen molar-refractivity contribution in [3.63, 3.8) is 0 Å². The van der Waals surface area contributed by atoms with Crippen molar-refractivity contribution in [2.24, 2.45) is 0 Å². The van der Waals surface area contributed by atoms with Crippen molar-refractivity contribution in [2.75, 3.05) is 0 Å². The summed E-state index contributed by atoms with van der Waals surface area (Å²) in [5, 5.41) is 8.68. The van der Waals surface area contributed by atoms with Crippen LogP contribution in [0.5, 0.6) is 0 Å². The molecule has 0 aliphatic heterocycles. The van der Waals surface area contributed by atoms with Crippen molar-refractivity contribution in [1.82, 2.24) is 5.48 Å². The predicted octanol–water partition coefficient (Wildman–Crippen LogP) is 1.17. The fourth-order valence-corrected chi connectivity index (χ4v) is 1.40. The number of ketones is 1. The van der Waals surface area contributed by atoms with Gasteiger partial charge >= 0.3 is 11.9 Å². The molecular formula is C13H15NO5. The summed E-state index contributed by atoms with van der Waals surface area (Å²) in [6.45, 7) is 1.61. The Morgan fingerprint density at radius 3 is 2.42 bits per heavy atom. The standard InChI is InChI=1S/C13H15NO5/c1-2-11(15)10(8-12(16)17)14-19-13(18)9-6-4-3-5-7-9/h3-7,10,14H,2,8H2,1H3,(H,16,17)/t10-/m0/s1. The molecule has 0 aliphatic rings. The Morgan fingerprint density at radius 2 is 1.89 bits per heavy atom. The van der Waals surface area contributed by atoms with Gasteiger partial charge in [-0.25, -0.2) is 4.79 Å². The van der Waals surface area contributed by atoms with Gasteiger partial charge in [-0.15, -0.1) is 5.48 Å². The van der Waals surface area contributed by atoms with Crippen LogP contribution in [0.25, 0.3) is 0 Å². The third kappa shape index (κ3) is 4.89. The Labute approximate surface area is 110 Å². The van der Waals surface area contributed by atoms with Crippen LogP contribution in [0.1, 0.15) is 30.1 Å². The minimum atomic E-state index is -1.14. The molecule has 1 aromatic rings. The second-order valence-corrected chi connectivity index (χ2v) is 3.84. The maximum Gasteiger partial charge on any atom is 0.356 e. The molecule has 0 unspecified atom stereocenters. The fourth-order valence-electron chi connectivity index (χ4n) is 1.40. The van der Waals surface area contributed by atoms with E-state index in [1.54, 1.807) is 37.3 Å². The first kappa shape index (κ1) is 14.8. The zero-order valence-corrected chi connectivity index (χ0v) is 10.5. The Hall–Kier alpha value is -2.21. The molecule has 0 heterocycles. The van der Waals surface area contributed by atoms with E-state index >= 15 is 0 Å². The van der Waals surface area contributed by atoms with Crippen LogP contribution < -0.4 is 5.48 Å². The molecule has 0 saturated carbocycles. The zero-order chi connectivity index (χ0) is 14.3. The molecule has 0 amide bonds. The van der Waals surface area contributed by atoms with E-state index in [1.165, 1.54) is 0 Å². The highest BCUT2D eigenvalue weighted by Crippen LogP contribution is 2.02. The summed E-state index contributed by atoms with van der Waals surface area (Å²) in [6, 6.07) is 7.16. The molecule has 2 N–H and O–H groups in total. The van der Waals surface area contributed by atoms with E-state index in [9.17, 15) is 14.4 Å². The van der Waals surface area contributed by atoms with Crippen LogP contribution in [0.3, 0.4) is 0 Å². The first-order chi connectivity index (χ1) is 9.04. The Morgan fingerprint density at radius 1 is 1.26 bits per heavy atom. The number of benzene rings is 1. The first-order valence-corrected chi connectivity index (χ1v) is 5.80. The molecule has 0 bridgehead atoms. The molecule has 6 heteroatoms. The van der Waals surface area contributed by atoms with E-state index in [1.807, 2.05) is 0 Å². The summed E-state index contributed by atoms with van der Waals surface area (Å²) >= 11 is 0. The number of carbonyl (C=O) groups is 3. The van der Waals surface area contributed by atoms with E-state index in [4.69, 9.17) is 9.94 Å². The Balaban J connectivity index is 2.59. The highest BCUT2D eigenvalue weighted by Gasteiger charge is 2.22. The zero-order valence-electron chi connectivity index (χ0n) is 10.5. The third-order valence-corrected chi connectivity index (χ3v) is 2.42. The molecule has 6 nitrogen and oxygen atoms in total. The molecule has 0 aliphatic carbocycles. The SMILES string of the molecule is CCC(=O)[C@H](CC(=O)O)NOC(=O)c1ccccc1. The van der Waals surface area contributed by atoms with Crippen molar-refractivity contribution in [1.29, 1.82) is 0 Å². The van der Waals surface area contributed by atoms with Crippen LogP contribution in [0.2, 0.25) is 0 Å². The minimum Gasteiger partial charge on any atom is -0.481 e. The third-order valence-electron chi connectivity index (χ3n) is 2.42. The van der Waals surface area contributed by atoms with Crippen LogP contribution in [-0.2, 0) is 14.4 Å². The van der Waals surface area contributed by atoms with Gasteiger partial charge in [-0.1, -0.05) is 25.1 Å². The van der Waals surface area contributed by atoms with Crippen LogP contribution in [0, 0.1) is 0 Å². The molecule has 102 valence electrons. The highest BCUT2D eigenvalue weighted by molar-refractivity contribution is 5.90. The summed E-state index contributed by atoms with van der Waals surface area (Å²) in [5.74, 6) is -2.14. The predicted molar refractivity (Wildman–Crippen MR) is 66.3 cm³/mol. The van der Waals surface area contributed by atoms with Gasteiger partial charge in [0.25, 0.3) is 0 Å². The molecule has 19 heavy (non-hydrogen) atoms. The van der Waals surface area contributed by atoms with Gasteiger partial charge in [0.2, 0.25) is 0 Å². The molecule has 0 saturated heterocycles. The molecule has 1 rings (SSSR count). The summed E-state index contributed by atoms with van der Waals surface area (Å²) in [4.78, 5) is 38.4. The van der Waals surface area contributed by atoms with E-state index in [2.05, 4.69) is 5.48 Å². The second-order valence-electron chi connectivity index (χ2n) is 3.84. The monoisotopic (exact) mass is 265 g/mol. The average molecular weight is 265 g/mol. The smallest absolute Gasteiger partial charge is 0.356 e. The maximum atomic E-state index is 11.6. The fraction of sp³-hybridized carbons (Fsp3) is 0.308. The molecule has 0 spiro atoms. The summed E-state index contributed by atoms with van der Waals surface area (Å²) in [7, 11) is 0. The van der Waals surface area contributed by atoms with E-state index in [0.717, 1.165) is 0 Å².